The summed E-state index contributed by atoms with van der Waals surface area (Å²) in [6.07, 6.45) is -0.853. The van der Waals surface area contributed by atoms with Crippen LogP contribution in [0.25, 0.3) is 0 Å². The standard InChI is InChI=1S/C18H16ClF2NO3/c1-2-16(17(23)22-10-11-6-4-3-5-7-11)25-18(24)12-8-14(20)15(21)9-13(12)19/h3-9,16H,2,10H2,1H3,(H,22,23). The van der Waals surface area contributed by atoms with Gasteiger partial charge in [0.1, 0.15) is 0 Å². The van der Waals surface area contributed by atoms with Gasteiger partial charge in [0.05, 0.1) is 10.6 Å². The number of carbonyl (C=O) groups excluding carboxylic acids is 2. The van der Waals surface area contributed by atoms with Gasteiger partial charge in [-0.05, 0) is 24.1 Å². The van der Waals surface area contributed by atoms with Gasteiger partial charge >= 0.3 is 5.97 Å². The summed E-state index contributed by atoms with van der Waals surface area (Å²) >= 11 is 5.74. The molecule has 2 aromatic carbocycles. The molecule has 1 amide bonds. The third-order valence-electron chi connectivity index (χ3n) is 3.45. The van der Waals surface area contributed by atoms with Crippen LogP contribution in [0, 0.1) is 11.6 Å². The van der Waals surface area contributed by atoms with Crippen molar-refractivity contribution in [1.29, 1.82) is 0 Å². The minimum absolute atomic E-state index is 0.216. The van der Waals surface area contributed by atoms with Crippen LogP contribution in [0.3, 0.4) is 0 Å². The Morgan fingerprint density at radius 3 is 2.44 bits per heavy atom. The van der Waals surface area contributed by atoms with E-state index in [-0.39, 0.29) is 23.6 Å². The third-order valence-corrected chi connectivity index (χ3v) is 3.76. The number of rotatable bonds is 6. The molecule has 1 N–H and O–H groups in total. The van der Waals surface area contributed by atoms with Gasteiger partial charge in [-0.3, -0.25) is 4.79 Å². The van der Waals surface area contributed by atoms with Crippen LogP contribution in [0.4, 0.5) is 8.78 Å². The van der Waals surface area contributed by atoms with Gasteiger partial charge in [0.25, 0.3) is 5.91 Å². The molecule has 0 aromatic heterocycles. The maximum absolute atomic E-state index is 13.3. The van der Waals surface area contributed by atoms with Gasteiger partial charge in [-0.25, -0.2) is 13.6 Å². The van der Waals surface area contributed by atoms with Crippen molar-refractivity contribution in [3.05, 3.63) is 70.2 Å². The van der Waals surface area contributed by atoms with Crippen LogP contribution in [0.2, 0.25) is 5.02 Å². The maximum Gasteiger partial charge on any atom is 0.340 e. The fraction of sp³-hybridized carbons (Fsp3) is 0.222. The number of nitrogens with one attached hydrogen (secondary N) is 1. The summed E-state index contributed by atoms with van der Waals surface area (Å²) in [5.74, 6) is -3.88. The molecule has 0 fully saturated rings. The van der Waals surface area contributed by atoms with Crippen molar-refractivity contribution < 1.29 is 23.1 Å². The second-order valence-electron chi connectivity index (χ2n) is 5.25. The molecule has 0 aliphatic heterocycles. The largest absolute Gasteiger partial charge is 0.449 e. The number of carbonyl (C=O) groups is 2. The van der Waals surface area contributed by atoms with Gasteiger partial charge < -0.3 is 10.1 Å². The molecule has 132 valence electrons. The highest BCUT2D eigenvalue weighted by molar-refractivity contribution is 6.33. The first kappa shape index (κ1) is 18.9. The molecular formula is C18H16ClF2NO3. The lowest BCUT2D eigenvalue weighted by Crippen LogP contribution is -2.37. The Morgan fingerprint density at radius 2 is 1.80 bits per heavy atom. The van der Waals surface area contributed by atoms with Gasteiger partial charge in [-0.1, -0.05) is 48.9 Å². The zero-order valence-corrected chi connectivity index (χ0v) is 14.1. The third kappa shape index (κ3) is 5.00. The summed E-state index contributed by atoms with van der Waals surface area (Å²) in [6, 6.07) is 10.5. The molecule has 0 bridgehead atoms. The first-order valence-electron chi connectivity index (χ1n) is 7.59. The molecule has 7 heteroatoms. The Labute approximate surface area is 148 Å². The lowest BCUT2D eigenvalue weighted by molar-refractivity contribution is -0.130. The van der Waals surface area contributed by atoms with Crippen LogP contribution < -0.4 is 5.32 Å². The molecule has 4 nitrogen and oxygen atoms in total. The van der Waals surface area contributed by atoms with Crippen LogP contribution >= 0.6 is 11.6 Å². The van der Waals surface area contributed by atoms with E-state index >= 15 is 0 Å². The molecular weight excluding hydrogens is 352 g/mol. The van der Waals surface area contributed by atoms with Crippen molar-refractivity contribution in [2.24, 2.45) is 0 Å². The van der Waals surface area contributed by atoms with E-state index in [1.807, 2.05) is 30.3 Å². The molecule has 0 aliphatic rings. The van der Waals surface area contributed by atoms with Gasteiger partial charge in [0, 0.05) is 6.54 Å². The van der Waals surface area contributed by atoms with Crippen molar-refractivity contribution in [3.63, 3.8) is 0 Å². The SMILES string of the molecule is CCC(OC(=O)c1cc(F)c(F)cc1Cl)C(=O)NCc1ccccc1. The number of ether oxygens (including phenoxy) is 1. The van der Waals surface area contributed by atoms with Crippen LogP contribution in [0.5, 0.6) is 0 Å². The second-order valence-corrected chi connectivity index (χ2v) is 5.66. The molecule has 25 heavy (non-hydrogen) atoms. The highest BCUT2D eigenvalue weighted by Gasteiger charge is 2.24. The minimum Gasteiger partial charge on any atom is -0.449 e. The molecule has 0 saturated carbocycles. The van der Waals surface area contributed by atoms with Gasteiger partial charge in [0.15, 0.2) is 17.7 Å². The Kier molecular flexibility index (Phi) is 6.47. The topological polar surface area (TPSA) is 55.4 Å². The van der Waals surface area contributed by atoms with E-state index < -0.39 is 29.6 Å². The molecule has 2 rings (SSSR count). The first-order chi connectivity index (χ1) is 11.9. The van der Waals surface area contributed by atoms with E-state index in [2.05, 4.69) is 5.32 Å². The Bertz CT molecular complexity index is 768. The number of hydrogen-bond acceptors (Lipinski definition) is 3. The fourth-order valence-electron chi connectivity index (χ4n) is 2.09. The minimum atomic E-state index is -1.22. The molecule has 0 aliphatic carbocycles. The quantitative estimate of drug-likeness (QED) is 0.623. The number of esters is 1. The van der Waals surface area contributed by atoms with Crippen LogP contribution in [-0.4, -0.2) is 18.0 Å². The summed E-state index contributed by atoms with van der Waals surface area (Å²) in [5, 5.41) is 2.37. The predicted molar refractivity (Wildman–Crippen MR) is 89.2 cm³/mol. The molecule has 0 radical (unpaired) electrons. The summed E-state index contributed by atoms with van der Waals surface area (Å²) in [6.45, 7) is 1.94. The highest BCUT2D eigenvalue weighted by atomic mass is 35.5. The van der Waals surface area contributed by atoms with E-state index in [0.717, 1.165) is 5.56 Å². The van der Waals surface area contributed by atoms with Crippen molar-refractivity contribution in [2.45, 2.75) is 26.0 Å². The molecule has 0 spiro atoms. The maximum atomic E-state index is 13.3. The van der Waals surface area contributed by atoms with Crippen molar-refractivity contribution >= 4 is 23.5 Å². The predicted octanol–water partition coefficient (Wildman–Crippen LogP) is 3.87. The number of benzene rings is 2. The lowest BCUT2D eigenvalue weighted by Gasteiger charge is -2.16. The van der Waals surface area contributed by atoms with Gasteiger partial charge in [0.2, 0.25) is 0 Å². The monoisotopic (exact) mass is 367 g/mol. The Morgan fingerprint density at radius 1 is 1.16 bits per heavy atom. The van der Waals surface area contributed by atoms with E-state index in [9.17, 15) is 18.4 Å². The fourth-order valence-corrected chi connectivity index (χ4v) is 2.32. The number of amides is 1. The van der Waals surface area contributed by atoms with E-state index in [1.165, 1.54) is 0 Å². The van der Waals surface area contributed by atoms with Gasteiger partial charge in [-0.15, -0.1) is 0 Å². The summed E-state index contributed by atoms with van der Waals surface area (Å²) in [4.78, 5) is 24.3. The van der Waals surface area contributed by atoms with Crippen molar-refractivity contribution in [2.75, 3.05) is 0 Å². The second kappa shape index (κ2) is 8.58. The summed E-state index contributed by atoms with van der Waals surface area (Å²) in [7, 11) is 0. The molecule has 0 heterocycles. The van der Waals surface area contributed by atoms with Crippen LogP contribution in [0.15, 0.2) is 42.5 Å². The average molecular weight is 368 g/mol. The van der Waals surface area contributed by atoms with Crippen molar-refractivity contribution in [3.8, 4) is 0 Å². The smallest absolute Gasteiger partial charge is 0.340 e. The highest BCUT2D eigenvalue weighted by Crippen LogP contribution is 2.21. The normalized spacial score (nSPS) is 11.7. The number of hydrogen-bond donors (Lipinski definition) is 1. The number of halogens is 3. The van der Waals surface area contributed by atoms with E-state index in [4.69, 9.17) is 16.3 Å². The molecule has 2 aromatic rings. The summed E-state index contributed by atoms with van der Waals surface area (Å²) in [5.41, 5.74) is 0.551. The zero-order valence-electron chi connectivity index (χ0n) is 13.4. The Hall–Kier alpha value is -2.47. The molecule has 1 unspecified atom stereocenters. The van der Waals surface area contributed by atoms with E-state index in [0.29, 0.717) is 12.1 Å². The van der Waals surface area contributed by atoms with Gasteiger partial charge in [-0.2, -0.15) is 0 Å². The first-order valence-corrected chi connectivity index (χ1v) is 7.97. The van der Waals surface area contributed by atoms with Crippen molar-refractivity contribution in [1.82, 2.24) is 5.32 Å². The average Bonchev–Trinajstić information content (AvgIpc) is 2.61. The molecule has 1 atom stereocenters. The van der Waals surface area contributed by atoms with Crippen LogP contribution in [0.1, 0.15) is 29.3 Å². The molecule has 0 saturated heterocycles. The summed E-state index contributed by atoms with van der Waals surface area (Å²) < 4.78 is 31.4. The lowest BCUT2D eigenvalue weighted by atomic mass is 10.2. The van der Waals surface area contributed by atoms with Crippen LogP contribution in [-0.2, 0) is 16.1 Å². The Balaban J connectivity index is 2.02. The zero-order chi connectivity index (χ0) is 18.4. The van der Waals surface area contributed by atoms with E-state index in [1.54, 1.807) is 6.92 Å².